The van der Waals surface area contributed by atoms with Crippen molar-refractivity contribution in [2.24, 2.45) is 0 Å². The van der Waals surface area contributed by atoms with E-state index in [1.54, 1.807) is 0 Å². The highest BCUT2D eigenvalue weighted by atomic mass is 16.5. The summed E-state index contributed by atoms with van der Waals surface area (Å²) in [5, 5.41) is 23.3. The molecule has 71 heavy (non-hydrogen) atoms. The fourth-order valence-electron chi connectivity index (χ4n) is 10.1. The summed E-state index contributed by atoms with van der Waals surface area (Å²) in [7, 11) is 0. The van der Waals surface area contributed by atoms with Gasteiger partial charge >= 0.3 is 5.97 Å². The number of ether oxygens (including phenoxy) is 1. The lowest BCUT2D eigenvalue weighted by atomic mass is 10.0. The molecule has 0 heterocycles. The van der Waals surface area contributed by atoms with Gasteiger partial charge in [0.2, 0.25) is 5.91 Å². The Morgan fingerprint density at radius 1 is 0.394 bits per heavy atom. The predicted octanol–water partition coefficient (Wildman–Crippen LogP) is 20.2. The Morgan fingerprint density at radius 3 is 1.11 bits per heavy atom. The third-order valence-corrected chi connectivity index (χ3v) is 15.0. The van der Waals surface area contributed by atoms with Crippen molar-refractivity contribution in [1.82, 2.24) is 5.32 Å². The van der Waals surface area contributed by atoms with Crippen molar-refractivity contribution < 1.29 is 24.5 Å². The second kappa shape index (κ2) is 60.9. The number of hydrogen-bond acceptors (Lipinski definition) is 5. The van der Waals surface area contributed by atoms with Crippen molar-refractivity contribution in [3.63, 3.8) is 0 Å². The highest BCUT2D eigenvalue weighted by molar-refractivity contribution is 5.76. The molecule has 420 valence electrons. The lowest BCUT2D eigenvalue weighted by Crippen LogP contribution is -2.45. The van der Waals surface area contributed by atoms with Crippen molar-refractivity contribution in [2.75, 3.05) is 13.2 Å². The average molecular weight is 1000 g/mol. The van der Waals surface area contributed by atoms with E-state index in [-0.39, 0.29) is 18.5 Å². The van der Waals surface area contributed by atoms with Crippen LogP contribution >= 0.6 is 0 Å². The topological polar surface area (TPSA) is 95.9 Å². The summed E-state index contributed by atoms with van der Waals surface area (Å²) in [5.74, 6) is -0.0272. The van der Waals surface area contributed by atoms with Crippen molar-refractivity contribution in [3.8, 4) is 0 Å². The van der Waals surface area contributed by atoms with E-state index in [9.17, 15) is 19.8 Å². The van der Waals surface area contributed by atoms with E-state index in [1.165, 1.54) is 270 Å². The maximum Gasteiger partial charge on any atom is 0.305 e. The molecular weight excluding hydrogens is 875 g/mol. The van der Waals surface area contributed by atoms with Gasteiger partial charge in [0.15, 0.2) is 0 Å². The molecule has 0 aromatic rings. The van der Waals surface area contributed by atoms with E-state index >= 15 is 0 Å². The zero-order valence-electron chi connectivity index (χ0n) is 48.0. The Bertz CT molecular complexity index is 1110. The van der Waals surface area contributed by atoms with E-state index in [1.807, 2.05) is 0 Å². The van der Waals surface area contributed by atoms with Crippen LogP contribution in [0.2, 0.25) is 0 Å². The molecule has 0 aromatic heterocycles. The fourth-order valence-corrected chi connectivity index (χ4v) is 10.1. The van der Waals surface area contributed by atoms with E-state index in [0.29, 0.717) is 25.9 Å². The first kappa shape index (κ1) is 69.3. The molecule has 1 amide bonds. The van der Waals surface area contributed by atoms with Crippen LogP contribution in [0.5, 0.6) is 0 Å². The van der Waals surface area contributed by atoms with E-state index < -0.39 is 12.1 Å². The van der Waals surface area contributed by atoms with Crippen LogP contribution in [0, 0.1) is 0 Å². The van der Waals surface area contributed by atoms with Crippen LogP contribution in [0.4, 0.5) is 0 Å². The van der Waals surface area contributed by atoms with E-state index in [0.717, 1.165) is 51.4 Å². The van der Waals surface area contributed by atoms with Gasteiger partial charge in [0.25, 0.3) is 0 Å². The number of allylic oxidation sites excluding steroid dienone is 4. The predicted molar refractivity (Wildman–Crippen MR) is 310 cm³/mol. The summed E-state index contributed by atoms with van der Waals surface area (Å²) in [4.78, 5) is 24.5. The summed E-state index contributed by atoms with van der Waals surface area (Å²) in [6.45, 7) is 4.93. The number of nitrogens with one attached hydrogen (secondary N) is 1. The summed E-state index contributed by atoms with van der Waals surface area (Å²) in [6, 6.07) is -0.538. The molecule has 2 unspecified atom stereocenters. The molecule has 6 heteroatoms. The number of esters is 1. The zero-order valence-corrected chi connectivity index (χ0v) is 48.0. The Hall–Kier alpha value is -1.66. The minimum absolute atomic E-state index is 0.00371. The standard InChI is InChI=1S/C65H125NO5/c1-3-5-7-9-11-13-15-17-35-39-43-47-51-55-59-65(70)71-60-56-52-48-44-40-36-32-30-28-26-24-22-20-18-19-21-23-25-27-29-31-34-38-42-46-50-54-58-64(69)66-62(61-67)63(68)57-53-49-45-41-37-33-16-14-12-10-8-6-4-2/h9,11,15,17,62-63,67-68H,3-8,10,12-14,16,18-61H2,1-2H3,(H,66,69)/b11-9-,17-15-. The molecule has 0 saturated carbocycles. The minimum atomic E-state index is -0.661. The van der Waals surface area contributed by atoms with Gasteiger partial charge in [-0.3, -0.25) is 9.59 Å². The van der Waals surface area contributed by atoms with Gasteiger partial charge in [0, 0.05) is 12.8 Å². The van der Waals surface area contributed by atoms with Gasteiger partial charge in [-0.25, -0.2) is 0 Å². The molecule has 0 aliphatic rings. The minimum Gasteiger partial charge on any atom is -0.466 e. The largest absolute Gasteiger partial charge is 0.466 e. The maximum atomic E-state index is 12.5. The lowest BCUT2D eigenvalue weighted by Gasteiger charge is -2.22. The Kier molecular flexibility index (Phi) is 59.5. The fraction of sp³-hybridized carbons (Fsp3) is 0.908. The first-order chi connectivity index (χ1) is 35.0. The van der Waals surface area contributed by atoms with Gasteiger partial charge in [-0.05, 0) is 51.4 Å². The molecule has 0 spiro atoms. The molecule has 0 bridgehead atoms. The number of aliphatic hydroxyl groups excluding tert-OH is 2. The second-order valence-electron chi connectivity index (χ2n) is 22.1. The van der Waals surface area contributed by atoms with Crippen molar-refractivity contribution in [2.45, 2.75) is 366 Å². The van der Waals surface area contributed by atoms with Crippen LogP contribution in [-0.2, 0) is 14.3 Å². The summed E-state index contributed by atoms with van der Waals surface area (Å²) < 4.78 is 5.48. The second-order valence-corrected chi connectivity index (χ2v) is 22.1. The molecule has 0 saturated heterocycles. The maximum absolute atomic E-state index is 12.5. The number of aliphatic hydroxyl groups is 2. The number of amides is 1. The van der Waals surface area contributed by atoms with Crippen molar-refractivity contribution in [3.05, 3.63) is 24.3 Å². The number of hydrogen-bond donors (Lipinski definition) is 3. The molecule has 0 rings (SSSR count). The molecule has 0 aliphatic heterocycles. The molecule has 3 N–H and O–H groups in total. The third-order valence-electron chi connectivity index (χ3n) is 15.0. The van der Waals surface area contributed by atoms with Crippen molar-refractivity contribution >= 4 is 11.9 Å². The van der Waals surface area contributed by atoms with E-state index in [2.05, 4.69) is 43.5 Å². The normalized spacial score (nSPS) is 12.7. The van der Waals surface area contributed by atoms with Gasteiger partial charge in [-0.1, -0.05) is 314 Å². The molecule has 0 aromatic carbocycles. The zero-order chi connectivity index (χ0) is 51.4. The molecule has 0 fully saturated rings. The van der Waals surface area contributed by atoms with Gasteiger partial charge < -0.3 is 20.3 Å². The van der Waals surface area contributed by atoms with Gasteiger partial charge in [-0.15, -0.1) is 0 Å². The first-order valence-electron chi connectivity index (χ1n) is 32.1. The molecule has 2 atom stereocenters. The molecule has 0 aliphatic carbocycles. The van der Waals surface area contributed by atoms with Crippen LogP contribution in [0.15, 0.2) is 24.3 Å². The highest BCUT2D eigenvalue weighted by Gasteiger charge is 2.20. The quantitative estimate of drug-likeness (QED) is 0.0320. The molecule has 6 nitrogen and oxygen atoms in total. The van der Waals surface area contributed by atoms with Gasteiger partial charge in [0.05, 0.1) is 25.4 Å². The summed E-state index contributed by atoms with van der Waals surface area (Å²) in [5.41, 5.74) is 0. The van der Waals surface area contributed by atoms with Crippen LogP contribution in [-0.4, -0.2) is 47.4 Å². The monoisotopic (exact) mass is 1000 g/mol. The van der Waals surface area contributed by atoms with Gasteiger partial charge in [-0.2, -0.15) is 0 Å². The van der Waals surface area contributed by atoms with Crippen LogP contribution in [0.25, 0.3) is 0 Å². The Labute approximate surface area is 443 Å². The van der Waals surface area contributed by atoms with Crippen LogP contribution in [0.1, 0.15) is 354 Å². The third kappa shape index (κ3) is 57.5. The van der Waals surface area contributed by atoms with Crippen LogP contribution in [0.3, 0.4) is 0 Å². The number of carbonyl (C=O) groups is 2. The Balaban J connectivity index is 3.34. The van der Waals surface area contributed by atoms with Crippen LogP contribution < -0.4 is 5.32 Å². The number of unbranched alkanes of at least 4 members (excludes halogenated alkanes) is 45. The lowest BCUT2D eigenvalue weighted by molar-refractivity contribution is -0.143. The molecule has 0 radical (unpaired) electrons. The summed E-state index contributed by atoms with van der Waals surface area (Å²) >= 11 is 0. The van der Waals surface area contributed by atoms with Crippen molar-refractivity contribution in [1.29, 1.82) is 0 Å². The number of rotatable bonds is 60. The SMILES string of the molecule is CCCC/C=C\C/C=C\CCCCCCCC(=O)OCCCCCCCCCCCCCCCCCCCCCCCCCCCCCC(=O)NC(CO)C(O)CCCCCCCCCCCCCCC. The first-order valence-corrected chi connectivity index (χ1v) is 32.1. The molecular formula is C65H125NO5. The highest BCUT2D eigenvalue weighted by Crippen LogP contribution is 2.18. The van der Waals surface area contributed by atoms with Gasteiger partial charge in [0.1, 0.15) is 0 Å². The average Bonchev–Trinajstić information content (AvgIpc) is 3.37. The van der Waals surface area contributed by atoms with E-state index in [4.69, 9.17) is 4.74 Å². The summed E-state index contributed by atoms with van der Waals surface area (Å²) in [6.07, 6.45) is 74.9. The number of carbonyl (C=O) groups excluding carboxylic acids is 2. The smallest absolute Gasteiger partial charge is 0.305 e. The Morgan fingerprint density at radius 2 is 0.718 bits per heavy atom.